The summed E-state index contributed by atoms with van der Waals surface area (Å²) in [5.74, 6) is -0.795. The largest absolute Gasteiger partial charge is 0.444 e. The Kier molecular flexibility index (Phi) is 3.67. The highest BCUT2D eigenvalue weighted by molar-refractivity contribution is 5.95. The maximum atomic E-state index is 11.7. The average molecular weight is 227 g/mol. The van der Waals surface area contributed by atoms with Crippen molar-refractivity contribution in [3.05, 3.63) is 0 Å². The van der Waals surface area contributed by atoms with Gasteiger partial charge in [-0.15, -0.1) is 0 Å². The fourth-order valence-electron chi connectivity index (χ4n) is 1.47. The van der Waals surface area contributed by atoms with Crippen LogP contribution in [0.2, 0.25) is 0 Å². The number of hydrogen-bond acceptors (Lipinski definition) is 4. The molecule has 0 aromatic heterocycles. The summed E-state index contributed by atoms with van der Waals surface area (Å²) in [5.41, 5.74) is -0.560. The van der Waals surface area contributed by atoms with Gasteiger partial charge < -0.3 is 14.4 Å². The zero-order chi connectivity index (χ0) is 12.3. The first-order valence-corrected chi connectivity index (χ1v) is 5.29. The van der Waals surface area contributed by atoms with E-state index in [-0.39, 0.29) is 18.7 Å². The molecule has 0 radical (unpaired) electrons. The van der Waals surface area contributed by atoms with Gasteiger partial charge in [0.25, 0.3) is 0 Å². The SMILES string of the molecule is CC(C)(C)OC(=O)N1CCC(=O)[C@@H](C=O)C1. The van der Waals surface area contributed by atoms with Gasteiger partial charge in [-0.05, 0) is 20.8 Å². The van der Waals surface area contributed by atoms with Crippen LogP contribution in [-0.2, 0) is 14.3 Å². The summed E-state index contributed by atoms with van der Waals surface area (Å²) in [7, 11) is 0. The maximum absolute atomic E-state index is 11.7. The highest BCUT2D eigenvalue weighted by atomic mass is 16.6. The van der Waals surface area contributed by atoms with Gasteiger partial charge in [-0.1, -0.05) is 0 Å². The number of carbonyl (C=O) groups excluding carboxylic acids is 3. The number of likely N-dealkylation sites (tertiary alicyclic amines) is 1. The topological polar surface area (TPSA) is 63.7 Å². The van der Waals surface area contributed by atoms with E-state index >= 15 is 0 Å². The van der Waals surface area contributed by atoms with Gasteiger partial charge in [0.15, 0.2) is 0 Å². The van der Waals surface area contributed by atoms with E-state index in [0.29, 0.717) is 12.8 Å². The second-order valence-corrected chi connectivity index (χ2v) is 4.89. The van der Waals surface area contributed by atoms with Crippen LogP contribution >= 0.6 is 0 Å². The number of piperidine rings is 1. The van der Waals surface area contributed by atoms with Crippen molar-refractivity contribution >= 4 is 18.2 Å². The summed E-state index contributed by atoms with van der Waals surface area (Å²) in [6.45, 7) is 5.79. The molecule has 90 valence electrons. The van der Waals surface area contributed by atoms with Crippen LogP contribution in [0, 0.1) is 5.92 Å². The number of aldehydes is 1. The van der Waals surface area contributed by atoms with Crippen molar-refractivity contribution < 1.29 is 19.1 Å². The molecule has 0 unspecified atom stereocenters. The van der Waals surface area contributed by atoms with Crippen LogP contribution < -0.4 is 0 Å². The van der Waals surface area contributed by atoms with Crippen LogP contribution in [-0.4, -0.2) is 41.8 Å². The van der Waals surface area contributed by atoms with Crippen molar-refractivity contribution in [1.29, 1.82) is 0 Å². The lowest BCUT2D eigenvalue weighted by molar-refractivity contribution is -0.130. The molecule has 1 aliphatic rings. The van der Waals surface area contributed by atoms with Crippen LogP contribution in [0.3, 0.4) is 0 Å². The first-order chi connectivity index (χ1) is 7.33. The molecule has 1 atom stereocenters. The zero-order valence-electron chi connectivity index (χ0n) is 9.86. The van der Waals surface area contributed by atoms with Gasteiger partial charge in [-0.25, -0.2) is 4.79 Å². The van der Waals surface area contributed by atoms with Crippen molar-refractivity contribution in [3.63, 3.8) is 0 Å². The number of ether oxygens (including phenoxy) is 1. The molecule has 0 spiro atoms. The fraction of sp³-hybridized carbons (Fsp3) is 0.727. The van der Waals surface area contributed by atoms with Crippen molar-refractivity contribution in [2.75, 3.05) is 13.1 Å². The molecule has 16 heavy (non-hydrogen) atoms. The van der Waals surface area contributed by atoms with Crippen LogP contribution in [0.25, 0.3) is 0 Å². The molecular formula is C11H17NO4. The Bertz CT molecular complexity index is 306. The molecule has 0 N–H and O–H groups in total. The molecule has 5 heteroatoms. The third-order valence-electron chi connectivity index (χ3n) is 2.27. The Morgan fingerprint density at radius 2 is 2.12 bits per heavy atom. The summed E-state index contributed by atoms with van der Waals surface area (Å²) >= 11 is 0. The van der Waals surface area contributed by atoms with E-state index < -0.39 is 17.6 Å². The quantitative estimate of drug-likeness (QED) is 0.495. The number of amides is 1. The molecule has 1 saturated heterocycles. The lowest BCUT2D eigenvalue weighted by Crippen LogP contribution is -2.46. The number of hydrogen-bond donors (Lipinski definition) is 0. The number of nitrogens with zero attached hydrogens (tertiary/aromatic N) is 1. The van der Waals surface area contributed by atoms with Gasteiger partial charge >= 0.3 is 6.09 Å². The number of ketones is 1. The first kappa shape index (κ1) is 12.7. The van der Waals surface area contributed by atoms with Gasteiger partial charge in [0.2, 0.25) is 0 Å². The van der Waals surface area contributed by atoms with E-state index in [1.54, 1.807) is 20.8 Å². The molecule has 1 rings (SSSR count). The van der Waals surface area contributed by atoms with Gasteiger partial charge in [-0.2, -0.15) is 0 Å². The number of carbonyl (C=O) groups is 3. The minimum Gasteiger partial charge on any atom is -0.444 e. The highest BCUT2D eigenvalue weighted by Crippen LogP contribution is 2.15. The first-order valence-electron chi connectivity index (χ1n) is 5.29. The molecule has 0 aromatic rings. The minimum atomic E-state index is -0.693. The van der Waals surface area contributed by atoms with Gasteiger partial charge in [0, 0.05) is 19.5 Å². The second kappa shape index (κ2) is 4.63. The van der Waals surface area contributed by atoms with E-state index in [2.05, 4.69) is 0 Å². The molecule has 0 aliphatic carbocycles. The molecule has 0 bridgehead atoms. The molecule has 0 saturated carbocycles. The molecule has 1 fully saturated rings. The molecule has 1 amide bonds. The van der Waals surface area contributed by atoms with Crippen LogP contribution in [0.1, 0.15) is 27.2 Å². The Morgan fingerprint density at radius 1 is 1.50 bits per heavy atom. The number of rotatable bonds is 1. The molecule has 0 aromatic carbocycles. The van der Waals surface area contributed by atoms with E-state index in [1.807, 2.05) is 0 Å². The van der Waals surface area contributed by atoms with E-state index in [4.69, 9.17) is 4.74 Å². The summed E-state index contributed by atoms with van der Waals surface area (Å²) in [6, 6.07) is 0. The summed E-state index contributed by atoms with van der Waals surface area (Å²) < 4.78 is 5.17. The summed E-state index contributed by atoms with van der Waals surface area (Å²) in [5, 5.41) is 0. The van der Waals surface area contributed by atoms with E-state index in [1.165, 1.54) is 4.90 Å². The van der Waals surface area contributed by atoms with Crippen molar-refractivity contribution in [2.24, 2.45) is 5.92 Å². The van der Waals surface area contributed by atoms with Crippen molar-refractivity contribution in [2.45, 2.75) is 32.8 Å². The third-order valence-corrected chi connectivity index (χ3v) is 2.27. The molecule has 5 nitrogen and oxygen atoms in total. The Hall–Kier alpha value is -1.39. The van der Waals surface area contributed by atoms with Gasteiger partial charge in [0.05, 0.1) is 5.92 Å². The lowest BCUT2D eigenvalue weighted by atomic mass is 9.98. The van der Waals surface area contributed by atoms with Crippen LogP contribution in [0.5, 0.6) is 0 Å². The normalized spacial score (nSPS) is 21.8. The van der Waals surface area contributed by atoms with E-state index in [0.717, 1.165) is 0 Å². The number of Topliss-reactive ketones (excluding diaryl/α,β-unsaturated/α-hetero) is 1. The molecular weight excluding hydrogens is 210 g/mol. The van der Waals surface area contributed by atoms with Gasteiger partial charge in [0.1, 0.15) is 17.7 Å². The fourth-order valence-corrected chi connectivity index (χ4v) is 1.47. The molecule has 1 aliphatic heterocycles. The average Bonchev–Trinajstić information content (AvgIpc) is 2.15. The predicted molar refractivity (Wildman–Crippen MR) is 57.0 cm³/mol. The van der Waals surface area contributed by atoms with Crippen LogP contribution in [0.15, 0.2) is 0 Å². The Morgan fingerprint density at radius 3 is 2.62 bits per heavy atom. The summed E-state index contributed by atoms with van der Waals surface area (Å²) in [6.07, 6.45) is 0.355. The Balaban J connectivity index is 2.59. The van der Waals surface area contributed by atoms with Crippen LogP contribution in [0.4, 0.5) is 4.79 Å². The van der Waals surface area contributed by atoms with Gasteiger partial charge in [-0.3, -0.25) is 4.79 Å². The summed E-state index contributed by atoms with van der Waals surface area (Å²) in [4.78, 5) is 35.0. The zero-order valence-corrected chi connectivity index (χ0v) is 9.86. The lowest BCUT2D eigenvalue weighted by Gasteiger charge is -2.31. The van der Waals surface area contributed by atoms with Crippen molar-refractivity contribution in [1.82, 2.24) is 4.90 Å². The standard InChI is InChI=1S/C11H17NO4/c1-11(2,3)16-10(15)12-5-4-9(14)8(6-12)7-13/h7-8H,4-6H2,1-3H3/t8-/m1/s1. The predicted octanol–water partition coefficient (Wildman–Crippen LogP) is 1.01. The second-order valence-electron chi connectivity index (χ2n) is 4.89. The highest BCUT2D eigenvalue weighted by Gasteiger charge is 2.31. The smallest absolute Gasteiger partial charge is 0.410 e. The Labute approximate surface area is 94.7 Å². The van der Waals surface area contributed by atoms with Crippen molar-refractivity contribution in [3.8, 4) is 0 Å². The van der Waals surface area contributed by atoms with E-state index in [9.17, 15) is 14.4 Å². The monoisotopic (exact) mass is 227 g/mol. The maximum Gasteiger partial charge on any atom is 0.410 e. The molecule has 1 heterocycles. The minimum absolute atomic E-state index is 0.102. The third kappa shape index (κ3) is 3.32.